The maximum Gasteiger partial charge on any atom is 0.407 e. The largest absolute Gasteiger partial charge is 0.453 e. The number of sulfonamides is 1. The molecular weight excluding hydrogens is 709 g/mol. The number of nitrogens with zero attached hydrogens (tertiary/aromatic N) is 1. The van der Waals surface area contributed by atoms with E-state index < -0.39 is 58.3 Å². The molecule has 4 atom stereocenters. The number of rotatable bonds is 12. The average Bonchev–Trinajstić information content (AvgIpc) is 3.12. The normalized spacial score (nSPS) is 20.1. The molecule has 3 aromatic carbocycles. The fourth-order valence-corrected chi connectivity index (χ4v) is 8.99. The van der Waals surface area contributed by atoms with E-state index in [4.69, 9.17) is 21.1 Å². The summed E-state index contributed by atoms with van der Waals surface area (Å²) in [6.45, 7) is 3.34. The Morgan fingerprint density at radius 1 is 1.02 bits per heavy atom. The molecule has 1 unspecified atom stereocenters. The Bertz CT molecular complexity index is 1760. The van der Waals surface area contributed by atoms with Crippen molar-refractivity contribution in [2.24, 2.45) is 5.92 Å². The second-order valence-corrected chi connectivity index (χ2v) is 15.1. The predicted molar refractivity (Wildman–Crippen MR) is 187 cm³/mol. The summed E-state index contributed by atoms with van der Waals surface area (Å²) in [5.41, 5.74) is 0.816. The van der Waals surface area contributed by atoms with Crippen LogP contribution in [0.2, 0.25) is 5.02 Å². The van der Waals surface area contributed by atoms with E-state index in [2.05, 4.69) is 16.0 Å². The van der Waals surface area contributed by atoms with Crippen molar-refractivity contribution in [3.63, 3.8) is 0 Å². The molecule has 3 aromatic rings. The van der Waals surface area contributed by atoms with Crippen molar-refractivity contribution in [3.05, 3.63) is 94.3 Å². The first-order chi connectivity index (χ1) is 24.4. The van der Waals surface area contributed by atoms with Crippen LogP contribution in [-0.2, 0) is 30.7 Å². The molecule has 10 nitrogen and oxygen atoms in total. The molecule has 0 aliphatic carbocycles. The fourth-order valence-electron chi connectivity index (χ4n) is 7.02. The maximum absolute atomic E-state index is 15.6. The van der Waals surface area contributed by atoms with Crippen LogP contribution < -0.4 is 16.0 Å². The van der Waals surface area contributed by atoms with Gasteiger partial charge in [-0.2, -0.15) is 4.31 Å². The quantitative estimate of drug-likeness (QED) is 0.199. The number of piperazine rings is 1. The summed E-state index contributed by atoms with van der Waals surface area (Å²) in [4.78, 5) is 26.7. The molecular formula is C36H42ClF3N4O6S. The minimum Gasteiger partial charge on any atom is -0.453 e. The molecule has 2 aliphatic rings. The van der Waals surface area contributed by atoms with Gasteiger partial charge in [0.25, 0.3) is 6.43 Å². The van der Waals surface area contributed by atoms with E-state index in [1.54, 1.807) is 25.1 Å². The van der Waals surface area contributed by atoms with Crippen LogP contribution in [0.4, 0.5) is 23.7 Å². The number of anilines is 1. The molecule has 2 fully saturated rings. The number of methoxy groups -OCH3 is 1. The number of hydrogen-bond donors (Lipinski definition) is 3. The molecule has 276 valence electrons. The lowest BCUT2D eigenvalue weighted by atomic mass is 9.76. The van der Waals surface area contributed by atoms with E-state index in [0.29, 0.717) is 37.6 Å². The third-order valence-corrected chi connectivity index (χ3v) is 11.9. The zero-order chi connectivity index (χ0) is 36.7. The molecule has 2 amide bonds. The van der Waals surface area contributed by atoms with Gasteiger partial charge in [-0.25, -0.2) is 26.4 Å². The van der Waals surface area contributed by atoms with Gasteiger partial charge in [-0.15, -0.1) is 0 Å². The van der Waals surface area contributed by atoms with Gasteiger partial charge in [-0.1, -0.05) is 41.9 Å². The summed E-state index contributed by atoms with van der Waals surface area (Å²) >= 11 is 6.18. The molecule has 0 spiro atoms. The molecule has 2 heterocycles. The van der Waals surface area contributed by atoms with Gasteiger partial charge < -0.3 is 25.4 Å². The van der Waals surface area contributed by atoms with Crippen LogP contribution in [0.1, 0.15) is 55.2 Å². The molecule has 2 aliphatic heterocycles. The maximum atomic E-state index is 15.6. The highest BCUT2D eigenvalue weighted by molar-refractivity contribution is 7.89. The SMILES string of the molecule is COC(=O)NC(C(=O)Nc1cccc(F)c1CC[C@H]1CNC[C@@H](C)N1S(=O)(=O)c1ccc(C(F)F)cc1)[C@@H](c1ccc(Cl)cc1)C1CCOCC1. The number of carbonyl (C=O) groups is 2. The number of halogens is 4. The highest BCUT2D eigenvalue weighted by Crippen LogP contribution is 2.37. The number of hydrogen-bond acceptors (Lipinski definition) is 7. The van der Waals surface area contributed by atoms with Crippen LogP contribution in [0, 0.1) is 11.7 Å². The van der Waals surface area contributed by atoms with Crippen molar-refractivity contribution in [2.75, 3.05) is 38.7 Å². The van der Waals surface area contributed by atoms with Gasteiger partial charge in [-0.3, -0.25) is 4.79 Å². The molecule has 0 bridgehead atoms. The summed E-state index contributed by atoms with van der Waals surface area (Å²) in [5, 5.41) is 9.28. The molecule has 5 rings (SSSR count). The molecule has 0 saturated carbocycles. The number of alkyl carbamates (subject to hydrolysis) is 1. The molecule has 51 heavy (non-hydrogen) atoms. The lowest BCUT2D eigenvalue weighted by Crippen LogP contribution is -2.58. The Morgan fingerprint density at radius 3 is 2.33 bits per heavy atom. The van der Waals surface area contributed by atoms with E-state index >= 15 is 4.39 Å². The lowest BCUT2D eigenvalue weighted by molar-refractivity contribution is -0.119. The van der Waals surface area contributed by atoms with Crippen molar-refractivity contribution in [1.29, 1.82) is 0 Å². The fraction of sp³-hybridized carbons (Fsp3) is 0.444. The van der Waals surface area contributed by atoms with Gasteiger partial charge in [0.1, 0.15) is 11.9 Å². The number of amides is 2. The Kier molecular flexibility index (Phi) is 13.0. The Balaban J connectivity index is 1.41. The van der Waals surface area contributed by atoms with E-state index in [9.17, 15) is 26.8 Å². The lowest BCUT2D eigenvalue weighted by Gasteiger charge is -2.40. The molecule has 15 heteroatoms. The summed E-state index contributed by atoms with van der Waals surface area (Å²) < 4.78 is 81.3. The Labute approximate surface area is 301 Å². The van der Waals surface area contributed by atoms with Gasteiger partial charge in [0.15, 0.2) is 0 Å². The molecule has 0 aromatic heterocycles. The second kappa shape index (κ2) is 17.2. The zero-order valence-corrected chi connectivity index (χ0v) is 29.9. The van der Waals surface area contributed by atoms with Gasteiger partial charge in [0.2, 0.25) is 15.9 Å². The number of benzene rings is 3. The first kappa shape index (κ1) is 38.5. The smallest absolute Gasteiger partial charge is 0.407 e. The van der Waals surface area contributed by atoms with Crippen LogP contribution in [0.15, 0.2) is 71.6 Å². The number of ether oxygens (including phenoxy) is 2. The highest BCUT2D eigenvalue weighted by Gasteiger charge is 2.40. The Morgan fingerprint density at radius 2 is 1.69 bits per heavy atom. The van der Waals surface area contributed by atoms with Crippen LogP contribution in [0.3, 0.4) is 0 Å². The van der Waals surface area contributed by atoms with Crippen molar-refractivity contribution >= 4 is 39.3 Å². The molecule has 2 saturated heterocycles. The van der Waals surface area contributed by atoms with Gasteiger partial charge in [-0.05, 0) is 80.5 Å². The van der Waals surface area contributed by atoms with E-state index in [0.717, 1.165) is 17.7 Å². The molecule has 3 N–H and O–H groups in total. The van der Waals surface area contributed by atoms with Crippen molar-refractivity contribution in [1.82, 2.24) is 14.9 Å². The average molecular weight is 751 g/mol. The standard InChI is InChI=1S/C36H42ClF3N4O6S/c1-22-20-41-21-27(44(22)51(47,48)28-13-8-25(9-14-28)34(39)40)12-15-29-30(38)4-3-5-31(29)42-35(45)33(43-36(46)49-2)32(24-16-18-50-19-17-24)23-6-10-26(37)11-7-23/h3-11,13-14,22,24,27,32-34,41H,12,15-21H2,1-2H3,(H,42,45)(H,43,46)/t22-,27+,32+,33?/m1/s1. The van der Waals surface area contributed by atoms with E-state index in [-0.39, 0.29) is 47.0 Å². The third kappa shape index (κ3) is 9.22. The molecule has 0 radical (unpaired) electrons. The van der Waals surface area contributed by atoms with Crippen molar-refractivity contribution in [2.45, 2.75) is 68.0 Å². The number of nitrogens with one attached hydrogen (secondary N) is 3. The van der Waals surface area contributed by atoms with Crippen LogP contribution >= 0.6 is 11.6 Å². The predicted octanol–water partition coefficient (Wildman–Crippen LogP) is 6.27. The van der Waals surface area contributed by atoms with Crippen molar-refractivity contribution in [3.8, 4) is 0 Å². The second-order valence-electron chi connectivity index (χ2n) is 12.8. The minimum absolute atomic E-state index is 0.0490. The highest BCUT2D eigenvalue weighted by atomic mass is 35.5. The van der Waals surface area contributed by atoms with Crippen molar-refractivity contribution < 1.29 is 40.7 Å². The third-order valence-electron chi connectivity index (χ3n) is 9.55. The van der Waals surface area contributed by atoms with Crippen LogP contribution in [0.25, 0.3) is 0 Å². The monoisotopic (exact) mass is 750 g/mol. The summed E-state index contributed by atoms with van der Waals surface area (Å²) in [5.74, 6) is -1.76. The first-order valence-electron chi connectivity index (χ1n) is 16.8. The minimum atomic E-state index is -4.11. The number of carbonyl (C=O) groups excluding carboxylic acids is 2. The van der Waals surface area contributed by atoms with Crippen LogP contribution in [0.5, 0.6) is 0 Å². The Hall–Kier alpha value is -3.69. The van der Waals surface area contributed by atoms with Crippen LogP contribution in [-0.4, -0.2) is 76.3 Å². The van der Waals surface area contributed by atoms with E-state index in [1.807, 2.05) is 12.1 Å². The topological polar surface area (TPSA) is 126 Å². The summed E-state index contributed by atoms with van der Waals surface area (Å²) in [7, 11) is -2.91. The zero-order valence-electron chi connectivity index (χ0n) is 28.3. The van der Waals surface area contributed by atoms with E-state index in [1.165, 1.54) is 35.7 Å². The van der Waals surface area contributed by atoms with Gasteiger partial charge in [0, 0.05) is 66.1 Å². The van der Waals surface area contributed by atoms with Gasteiger partial charge >= 0.3 is 6.09 Å². The van der Waals surface area contributed by atoms with Gasteiger partial charge in [0.05, 0.1) is 12.0 Å². The number of alkyl halides is 2. The summed E-state index contributed by atoms with van der Waals surface area (Å²) in [6.07, 6.45) is -2.06. The summed E-state index contributed by atoms with van der Waals surface area (Å²) in [6, 6.07) is 13.6. The first-order valence-corrected chi connectivity index (χ1v) is 18.6.